The number of benzene rings is 1. The fourth-order valence-corrected chi connectivity index (χ4v) is 1.47. The van der Waals surface area contributed by atoms with Crippen LogP contribution in [0, 0.1) is 18.7 Å². The normalized spacial score (nSPS) is 14.2. The molecule has 0 aliphatic rings. The van der Waals surface area contributed by atoms with Crippen LogP contribution in [-0.4, -0.2) is 18.5 Å². The van der Waals surface area contributed by atoms with E-state index in [0.717, 1.165) is 5.56 Å². The highest BCUT2D eigenvalue weighted by atomic mass is 19.1. The van der Waals surface area contributed by atoms with Crippen LogP contribution in [0.4, 0.5) is 4.39 Å². The minimum atomic E-state index is -0.403. The number of carbonyl (C=O) groups is 1. The zero-order valence-electron chi connectivity index (χ0n) is 10.5. The van der Waals surface area contributed by atoms with Crippen LogP contribution in [0.25, 0.3) is 0 Å². The topological polar surface area (TPSA) is 55.1 Å². The van der Waals surface area contributed by atoms with Gasteiger partial charge in [-0.15, -0.1) is 0 Å². The highest BCUT2D eigenvalue weighted by molar-refractivity contribution is 5.95. The lowest BCUT2D eigenvalue weighted by molar-refractivity contribution is 0.0928. The summed E-state index contributed by atoms with van der Waals surface area (Å²) < 4.78 is 13.1. The molecule has 0 saturated heterocycles. The fraction of sp³-hybridized carbons (Fsp3) is 0.462. The van der Waals surface area contributed by atoms with Crippen molar-refractivity contribution in [3.8, 4) is 0 Å². The lowest BCUT2D eigenvalue weighted by Gasteiger charge is -2.20. The van der Waals surface area contributed by atoms with Gasteiger partial charge in [0.1, 0.15) is 5.82 Å². The SMILES string of the molecule is Cc1ccc(F)cc1C(=O)NC(C)C(C)CN. The molecule has 0 radical (unpaired) electrons. The third-order valence-electron chi connectivity index (χ3n) is 3.03. The summed E-state index contributed by atoms with van der Waals surface area (Å²) in [6.45, 7) is 6.14. The molecule has 0 spiro atoms. The highest BCUT2D eigenvalue weighted by Crippen LogP contribution is 2.11. The highest BCUT2D eigenvalue weighted by Gasteiger charge is 2.16. The number of halogens is 1. The first kappa shape index (κ1) is 13.6. The molecule has 1 aromatic rings. The van der Waals surface area contributed by atoms with Gasteiger partial charge in [0, 0.05) is 11.6 Å². The van der Waals surface area contributed by atoms with E-state index >= 15 is 0 Å². The van der Waals surface area contributed by atoms with Crippen LogP contribution in [0.5, 0.6) is 0 Å². The molecular formula is C13H19FN2O. The van der Waals surface area contributed by atoms with E-state index < -0.39 is 5.82 Å². The van der Waals surface area contributed by atoms with E-state index in [2.05, 4.69) is 5.32 Å². The Labute approximate surface area is 101 Å². The molecule has 3 nitrogen and oxygen atoms in total. The van der Waals surface area contributed by atoms with Crippen molar-refractivity contribution in [2.24, 2.45) is 11.7 Å². The third-order valence-corrected chi connectivity index (χ3v) is 3.03. The van der Waals surface area contributed by atoms with Crippen molar-refractivity contribution in [3.05, 3.63) is 35.1 Å². The molecule has 94 valence electrons. The summed E-state index contributed by atoms with van der Waals surface area (Å²) in [5.74, 6) is -0.470. The van der Waals surface area contributed by atoms with Gasteiger partial charge in [-0.2, -0.15) is 0 Å². The Bertz CT molecular complexity index is 406. The Balaban J connectivity index is 2.79. The first-order valence-corrected chi connectivity index (χ1v) is 5.72. The molecule has 0 aliphatic carbocycles. The lowest BCUT2D eigenvalue weighted by Crippen LogP contribution is -2.40. The van der Waals surface area contributed by atoms with Gasteiger partial charge in [0.15, 0.2) is 0 Å². The minimum absolute atomic E-state index is 0.0323. The van der Waals surface area contributed by atoms with Crippen molar-refractivity contribution in [1.29, 1.82) is 0 Å². The predicted octanol–water partition coefficient (Wildman–Crippen LogP) is 1.85. The van der Waals surface area contributed by atoms with E-state index in [1.165, 1.54) is 12.1 Å². The van der Waals surface area contributed by atoms with Gasteiger partial charge in [-0.1, -0.05) is 13.0 Å². The minimum Gasteiger partial charge on any atom is -0.349 e. The quantitative estimate of drug-likeness (QED) is 0.841. The second-order valence-corrected chi connectivity index (χ2v) is 4.43. The number of carbonyl (C=O) groups excluding carboxylic acids is 1. The standard InChI is InChI=1S/C13H19FN2O/c1-8-4-5-11(14)6-12(8)13(17)16-10(3)9(2)7-15/h4-6,9-10H,7,15H2,1-3H3,(H,16,17). The number of aryl methyl sites for hydroxylation is 1. The van der Waals surface area contributed by atoms with E-state index in [0.29, 0.717) is 12.1 Å². The van der Waals surface area contributed by atoms with Gasteiger partial charge in [0.25, 0.3) is 5.91 Å². The van der Waals surface area contributed by atoms with Crippen LogP contribution in [0.15, 0.2) is 18.2 Å². The van der Waals surface area contributed by atoms with Crippen LogP contribution in [0.3, 0.4) is 0 Å². The second-order valence-electron chi connectivity index (χ2n) is 4.43. The molecule has 2 atom stereocenters. The summed E-state index contributed by atoms with van der Waals surface area (Å²) in [7, 11) is 0. The van der Waals surface area contributed by atoms with Crippen LogP contribution in [0.1, 0.15) is 29.8 Å². The Morgan fingerprint density at radius 1 is 1.47 bits per heavy atom. The Kier molecular flexibility index (Phi) is 4.63. The average molecular weight is 238 g/mol. The number of nitrogens with one attached hydrogen (secondary N) is 1. The van der Waals surface area contributed by atoms with Gasteiger partial charge in [0.2, 0.25) is 0 Å². The molecule has 0 fully saturated rings. The van der Waals surface area contributed by atoms with Crippen molar-refractivity contribution >= 4 is 5.91 Å². The molecule has 2 unspecified atom stereocenters. The first-order chi connectivity index (χ1) is 7.95. The predicted molar refractivity (Wildman–Crippen MR) is 66.3 cm³/mol. The first-order valence-electron chi connectivity index (χ1n) is 5.72. The summed E-state index contributed by atoms with van der Waals surface area (Å²) in [5.41, 5.74) is 6.67. The molecule has 1 aromatic carbocycles. The van der Waals surface area contributed by atoms with Crippen LogP contribution < -0.4 is 11.1 Å². The van der Waals surface area contributed by atoms with Gasteiger partial charge in [0.05, 0.1) is 0 Å². The molecule has 0 aromatic heterocycles. The molecule has 0 bridgehead atoms. The van der Waals surface area contributed by atoms with Crippen molar-refractivity contribution in [2.75, 3.05) is 6.54 Å². The Morgan fingerprint density at radius 3 is 2.71 bits per heavy atom. The number of amides is 1. The summed E-state index contributed by atoms with van der Waals surface area (Å²) in [6.07, 6.45) is 0. The fourth-order valence-electron chi connectivity index (χ4n) is 1.47. The molecule has 0 saturated carbocycles. The zero-order chi connectivity index (χ0) is 13.0. The van der Waals surface area contributed by atoms with Gasteiger partial charge in [-0.3, -0.25) is 4.79 Å². The number of rotatable bonds is 4. The van der Waals surface area contributed by atoms with Crippen molar-refractivity contribution in [2.45, 2.75) is 26.8 Å². The van der Waals surface area contributed by atoms with Gasteiger partial charge < -0.3 is 11.1 Å². The van der Waals surface area contributed by atoms with E-state index in [4.69, 9.17) is 5.73 Å². The molecule has 17 heavy (non-hydrogen) atoms. The Morgan fingerprint density at radius 2 is 2.12 bits per heavy atom. The summed E-state index contributed by atoms with van der Waals surface area (Å²) in [5, 5.41) is 2.83. The van der Waals surface area contributed by atoms with E-state index in [1.807, 2.05) is 13.8 Å². The van der Waals surface area contributed by atoms with Crippen molar-refractivity contribution in [3.63, 3.8) is 0 Å². The van der Waals surface area contributed by atoms with Gasteiger partial charge >= 0.3 is 0 Å². The van der Waals surface area contributed by atoms with Gasteiger partial charge in [-0.05, 0) is 44.0 Å². The molecule has 4 heteroatoms. The van der Waals surface area contributed by atoms with Crippen LogP contribution >= 0.6 is 0 Å². The maximum Gasteiger partial charge on any atom is 0.251 e. The summed E-state index contributed by atoms with van der Waals surface area (Å²) in [4.78, 5) is 11.9. The van der Waals surface area contributed by atoms with E-state index in [9.17, 15) is 9.18 Å². The van der Waals surface area contributed by atoms with Crippen LogP contribution in [0.2, 0.25) is 0 Å². The molecule has 0 aliphatic heterocycles. The number of hydrogen-bond acceptors (Lipinski definition) is 2. The third kappa shape index (κ3) is 3.53. The number of hydrogen-bond donors (Lipinski definition) is 2. The van der Waals surface area contributed by atoms with Crippen molar-refractivity contribution in [1.82, 2.24) is 5.32 Å². The maximum absolute atomic E-state index is 13.1. The number of nitrogens with two attached hydrogens (primary N) is 1. The van der Waals surface area contributed by atoms with Crippen molar-refractivity contribution < 1.29 is 9.18 Å². The summed E-state index contributed by atoms with van der Waals surface area (Å²) >= 11 is 0. The Hall–Kier alpha value is -1.42. The van der Waals surface area contributed by atoms with Gasteiger partial charge in [-0.25, -0.2) is 4.39 Å². The average Bonchev–Trinajstić information content (AvgIpc) is 2.30. The molecule has 1 amide bonds. The molecule has 3 N–H and O–H groups in total. The largest absolute Gasteiger partial charge is 0.349 e. The lowest BCUT2D eigenvalue weighted by atomic mass is 10.0. The molecule has 0 heterocycles. The monoisotopic (exact) mass is 238 g/mol. The van der Waals surface area contributed by atoms with E-state index in [1.54, 1.807) is 13.0 Å². The van der Waals surface area contributed by atoms with E-state index in [-0.39, 0.29) is 17.9 Å². The smallest absolute Gasteiger partial charge is 0.251 e. The zero-order valence-corrected chi connectivity index (χ0v) is 10.5. The second kappa shape index (κ2) is 5.77. The maximum atomic E-state index is 13.1. The molecular weight excluding hydrogens is 219 g/mol. The van der Waals surface area contributed by atoms with Crippen LogP contribution in [-0.2, 0) is 0 Å². The summed E-state index contributed by atoms with van der Waals surface area (Å²) in [6, 6.07) is 4.17. The molecule has 1 rings (SSSR count).